The van der Waals surface area contributed by atoms with Gasteiger partial charge in [-0.15, -0.1) is 0 Å². The van der Waals surface area contributed by atoms with Gasteiger partial charge in [0.15, 0.2) is 5.82 Å². The molecular weight excluding hydrogens is 280 g/mol. The van der Waals surface area contributed by atoms with Gasteiger partial charge in [-0.1, -0.05) is 25.7 Å². The number of aromatic amines is 1. The molecule has 1 amide bonds. The molecule has 2 aromatic rings. The van der Waals surface area contributed by atoms with Crippen molar-refractivity contribution >= 4 is 11.7 Å². The molecule has 1 aliphatic rings. The maximum absolute atomic E-state index is 11.9. The number of amides is 1. The topological polar surface area (TPSA) is 88.5 Å². The van der Waals surface area contributed by atoms with Crippen LogP contribution < -0.4 is 5.32 Å². The third-order valence-electron chi connectivity index (χ3n) is 4.19. The highest BCUT2D eigenvalue weighted by Crippen LogP contribution is 2.31. The minimum absolute atomic E-state index is 0.0607. The second-order valence-corrected chi connectivity index (χ2v) is 5.85. The molecule has 0 saturated heterocycles. The molecule has 1 aliphatic carbocycles. The fourth-order valence-corrected chi connectivity index (χ4v) is 2.97. The fourth-order valence-electron chi connectivity index (χ4n) is 2.97. The zero-order valence-corrected chi connectivity index (χ0v) is 12.7. The highest BCUT2D eigenvalue weighted by Gasteiger charge is 2.17. The second-order valence-electron chi connectivity index (χ2n) is 5.85. The Morgan fingerprint density at radius 1 is 1.32 bits per heavy atom. The summed E-state index contributed by atoms with van der Waals surface area (Å²) in [5, 5.41) is 14.1. The van der Waals surface area contributed by atoms with E-state index < -0.39 is 0 Å². The smallest absolute Gasteiger partial charge is 0.227 e. The van der Waals surface area contributed by atoms with Crippen LogP contribution in [0.15, 0.2) is 18.7 Å². The molecule has 0 aliphatic heterocycles. The first kappa shape index (κ1) is 14.7. The first-order chi connectivity index (χ1) is 10.8. The van der Waals surface area contributed by atoms with Gasteiger partial charge in [-0.25, -0.2) is 4.98 Å². The molecule has 1 fully saturated rings. The van der Waals surface area contributed by atoms with Crippen molar-refractivity contribution in [1.82, 2.24) is 25.0 Å². The van der Waals surface area contributed by atoms with Crippen LogP contribution in [0.2, 0.25) is 0 Å². The Morgan fingerprint density at radius 3 is 2.86 bits per heavy atom. The van der Waals surface area contributed by atoms with Crippen LogP contribution in [-0.2, 0) is 11.3 Å². The third kappa shape index (κ3) is 3.93. The van der Waals surface area contributed by atoms with E-state index in [0.717, 1.165) is 5.69 Å². The molecule has 7 heteroatoms. The van der Waals surface area contributed by atoms with Gasteiger partial charge >= 0.3 is 0 Å². The van der Waals surface area contributed by atoms with E-state index in [-0.39, 0.29) is 5.91 Å². The summed E-state index contributed by atoms with van der Waals surface area (Å²) in [5.74, 6) is 1.10. The van der Waals surface area contributed by atoms with Gasteiger partial charge in [-0.2, -0.15) is 10.2 Å². The summed E-state index contributed by atoms with van der Waals surface area (Å²) in [7, 11) is 0. The van der Waals surface area contributed by atoms with Gasteiger partial charge in [0.05, 0.1) is 6.54 Å². The molecule has 22 heavy (non-hydrogen) atoms. The van der Waals surface area contributed by atoms with Crippen LogP contribution in [0, 0.1) is 0 Å². The first-order valence-electron chi connectivity index (χ1n) is 7.99. The number of hydrogen-bond acceptors (Lipinski definition) is 4. The van der Waals surface area contributed by atoms with Gasteiger partial charge in [-0.3, -0.25) is 14.6 Å². The van der Waals surface area contributed by atoms with Crippen molar-refractivity contribution in [3.63, 3.8) is 0 Å². The van der Waals surface area contributed by atoms with Crippen LogP contribution in [0.1, 0.15) is 56.6 Å². The summed E-state index contributed by atoms with van der Waals surface area (Å²) in [5.41, 5.74) is 1.15. The van der Waals surface area contributed by atoms with Gasteiger partial charge < -0.3 is 5.32 Å². The number of carbonyl (C=O) groups is 1. The lowest BCUT2D eigenvalue weighted by atomic mass is 9.97. The highest BCUT2D eigenvalue weighted by atomic mass is 16.1. The largest absolute Gasteiger partial charge is 0.309 e. The molecular formula is C15H22N6O. The second kappa shape index (κ2) is 7.20. The minimum atomic E-state index is -0.0607. The first-order valence-corrected chi connectivity index (χ1v) is 7.99. The zero-order chi connectivity index (χ0) is 15.2. The predicted molar refractivity (Wildman–Crippen MR) is 82.3 cm³/mol. The molecule has 2 N–H and O–H groups in total. The van der Waals surface area contributed by atoms with E-state index in [1.54, 1.807) is 11.0 Å². The summed E-state index contributed by atoms with van der Waals surface area (Å²) in [6.07, 6.45) is 11.1. The van der Waals surface area contributed by atoms with Crippen molar-refractivity contribution in [2.75, 3.05) is 5.32 Å². The molecule has 118 valence electrons. The molecule has 1 saturated carbocycles. The summed E-state index contributed by atoms with van der Waals surface area (Å²) < 4.78 is 1.64. The molecule has 0 radical (unpaired) electrons. The monoisotopic (exact) mass is 302 g/mol. The van der Waals surface area contributed by atoms with E-state index in [9.17, 15) is 4.79 Å². The number of aromatic nitrogens is 5. The summed E-state index contributed by atoms with van der Waals surface area (Å²) in [6, 6.07) is 1.98. The fraction of sp³-hybridized carbons (Fsp3) is 0.600. The average molecular weight is 302 g/mol. The van der Waals surface area contributed by atoms with Crippen molar-refractivity contribution < 1.29 is 4.79 Å². The Morgan fingerprint density at radius 2 is 2.14 bits per heavy atom. The number of aryl methyl sites for hydroxylation is 1. The van der Waals surface area contributed by atoms with E-state index >= 15 is 0 Å². The lowest BCUT2D eigenvalue weighted by Crippen LogP contribution is -2.14. The minimum Gasteiger partial charge on any atom is -0.309 e. The standard InChI is InChI=1S/C15H22N6O/c22-15(7-8-21-11-16-10-17-21)18-14-9-13(19-20-14)12-5-3-1-2-4-6-12/h9-12H,1-8H2,(H2,18,19,20,22). The van der Waals surface area contributed by atoms with Crippen molar-refractivity contribution in [3.05, 3.63) is 24.4 Å². The molecule has 0 unspecified atom stereocenters. The van der Waals surface area contributed by atoms with Crippen LogP contribution >= 0.6 is 0 Å². The van der Waals surface area contributed by atoms with Gasteiger partial charge in [0, 0.05) is 24.1 Å². The van der Waals surface area contributed by atoms with E-state index in [0.29, 0.717) is 24.7 Å². The quantitative estimate of drug-likeness (QED) is 0.830. The Bertz CT molecular complexity index is 583. The third-order valence-corrected chi connectivity index (χ3v) is 4.19. The average Bonchev–Trinajstić information content (AvgIpc) is 3.12. The summed E-state index contributed by atoms with van der Waals surface area (Å²) in [4.78, 5) is 15.8. The molecule has 0 atom stereocenters. The molecule has 3 rings (SSSR count). The van der Waals surface area contributed by atoms with Crippen LogP contribution in [0.25, 0.3) is 0 Å². The van der Waals surface area contributed by atoms with E-state index in [1.165, 1.54) is 44.9 Å². The number of hydrogen-bond donors (Lipinski definition) is 2. The van der Waals surface area contributed by atoms with Crippen molar-refractivity contribution in [2.45, 2.75) is 57.4 Å². The molecule has 0 aromatic carbocycles. The van der Waals surface area contributed by atoms with Crippen LogP contribution in [0.5, 0.6) is 0 Å². The summed E-state index contributed by atoms with van der Waals surface area (Å²) in [6.45, 7) is 0.520. The van der Waals surface area contributed by atoms with Gasteiger partial charge in [0.1, 0.15) is 12.7 Å². The normalized spacial score (nSPS) is 16.4. The molecule has 0 bridgehead atoms. The van der Waals surface area contributed by atoms with E-state index in [2.05, 4.69) is 25.6 Å². The maximum Gasteiger partial charge on any atom is 0.227 e. The number of anilines is 1. The number of nitrogens with one attached hydrogen (secondary N) is 2. The number of H-pyrrole nitrogens is 1. The molecule has 7 nitrogen and oxygen atoms in total. The molecule has 0 spiro atoms. The van der Waals surface area contributed by atoms with Crippen LogP contribution in [0.4, 0.5) is 5.82 Å². The van der Waals surface area contributed by atoms with Gasteiger partial charge in [-0.05, 0) is 12.8 Å². The van der Waals surface area contributed by atoms with Gasteiger partial charge in [0.2, 0.25) is 5.91 Å². The Kier molecular flexibility index (Phi) is 4.82. The molecule has 2 aromatic heterocycles. The Balaban J connectivity index is 1.51. The number of rotatable bonds is 5. The Hall–Kier alpha value is -2.18. The van der Waals surface area contributed by atoms with E-state index in [4.69, 9.17) is 0 Å². The highest BCUT2D eigenvalue weighted by molar-refractivity contribution is 5.89. The maximum atomic E-state index is 11.9. The van der Waals surface area contributed by atoms with Crippen molar-refractivity contribution in [3.8, 4) is 0 Å². The summed E-state index contributed by atoms with van der Waals surface area (Å²) >= 11 is 0. The van der Waals surface area contributed by atoms with Crippen LogP contribution in [0.3, 0.4) is 0 Å². The Labute approximate surface area is 129 Å². The predicted octanol–water partition coefficient (Wildman–Crippen LogP) is 2.47. The lowest BCUT2D eigenvalue weighted by molar-refractivity contribution is -0.116. The number of carbonyl (C=O) groups excluding carboxylic acids is 1. The zero-order valence-electron chi connectivity index (χ0n) is 12.7. The SMILES string of the molecule is O=C(CCn1cncn1)Nc1cc(C2CCCCCC2)[nH]n1. The lowest BCUT2D eigenvalue weighted by Gasteiger charge is -2.10. The molecule has 2 heterocycles. The van der Waals surface area contributed by atoms with Crippen molar-refractivity contribution in [2.24, 2.45) is 0 Å². The van der Waals surface area contributed by atoms with Gasteiger partial charge in [0.25, 0.3) is 0 Å². The number of nitrogens with zero attached hydrogens (tertiary/aromatic N) is 4. The van der Waals surface area contributed by atoms with Crippen molar-refractivity contribution in [1.29, 1.82) is 0 Å². The van der Waals surface area contributed by atoms with E-state index in [1.807, 2.05) is 6.07 Å². The van der Waals surface area contributed by atoms with Crippen LogP contribution in [-0.4, -0.2) is 30.9 Å².